The molecule has 134 valence electrons. The maximum Gasteiger partial charge on any atom is 0.257 e. The Bertz CT molecular complexity index is 693. The van der Waals surface area contributed by atoms with Gasteiger partial charge < -0.3 is 14.7 Å². The topological polar surface area (TPSA) is 67.6 Å². The summed E-state index contributed by atoms with van der Waals surface area (Å²) in [6.07, 6.45) is 3.49. The number of carbonyl (C=O) groups excluding carboxylic acids is 1. The molecule has 0 spiro atoms. The molecule has 1 fully saturated rings. The smallest absolute Gasteiger partial charge is 0.257 e. The van der Waals surface area contributed by atoms with Gasteiger partial charge in [-0.15, -0.1) is 0 Å². The van der Waals surface area contributed by atoms with Crippen LogP contribution < -0.4 is 0 Å². The Hall–Kier alpha value is -2.18. The zero-order valence-electron chi connectivity index (χ0n) is 14.6. The van der Waals surface area contributed by atoms with E-state index in [2.05, 4.69) is 5.10 Å². The van der Waals surface area contributed by atoms with Gasteiger partial charge in [-0.2, -0.15) is 5.10 Å². The molecule has 25 heavy (non-hydrogen) atoms. The molecule has 1 saturated heterocycles. The normalized spacial score (nSPS) is 15.3. The number of carbonyl (C=O) groups is 1. The first-order chi connectivity index (χ1) is 12.2. The van der Waals surface area contributed by atoms with Gasteiger partial charge in [0.05, 0.1) is 24.4 Å². The highest BCUT2D eigenvalue weighted by Gasteiger charge is 2.24. The highest BCUT2D eigenvalue weighted by Crippen LogP contribution is 2.24. The van der Waals surface area contributed by atoms with Crippen LogP contribution in [0.5, 0.6) is 0 Å². The summed E-state index contributed by atoms with van der Waals surface area (Å²) < 4.78 is 7.36. The number of benzene rings is 1. The van der Waals surface area contributed by atoms with Gasteiger partial charge in [-0.1, -0.05) is 30.3 Å². The molecule has 0 saturated carbocycles. The molecule has 0 aliphatic carbocycles. The Kier molecular flexibility index (Phi) is 5.83. The molecule has 1 amide bonds. The maximum atomic E-state index is 13.0. The SMILES string of the molecule is Cc1c(C(=O)N(CCO)Cc2ccccc2)cnn1C1CCOCC1. The quantitative estimate of drug-likeness (QED) is 0.873. The van der Waals surface area contributed by atoms with Crippen LogP contribution in [-0.4, -0.2) is 52.1 Å². The molecule has 0 unspecified atom stereocenters. The number of nitrogens with zero attached hydrogens (tertiary/aromatic N) is 3. The van der Waals surface area contributed by atoms with Crippen molar-refractivity contribution in [3.8, 4) is 0 Å². The van der Waals surface area contributed by atoms with Gasteiger partial charge in [0.25, 0.3) is 5.91 Å². The van der Waals surface area contributed by atoms with Crippen molar-refractivity contribution >= 4 is 5.91 Å². The predicted molar refractivity (Wildman–Crippen MR) is 94.3 cm³/mol. The number of hydrogen-bond acceptors (Lipinski definition) is 4. The minimum atomic E-state index is -0.0892. The highest BCUT2D eigenvalue weighted by atomic mass is 16.5. The zero-order chi connectivity index (χ0) is 17.6. The van der Waals surface area contributed by atoms with Gasteiger partial charge >= 0.3 is 0 Å². The van der Waals surface area contributed by atoms with Crippen LogP contribution >= 0.6 is 0 Å². The average molecular weight is 343 g/mol. The van der Waals surface area contributed by atoms with Crippen LogP contribution in [0.15, 0.2) is 36.5 Å². The van der Waals surface area contributed by atoms with Gasteiger partial charge in [0.1, 0.15) is 0 Å². The summed E-state index contributed by atoms with van der Waals surface area (Å²) in [5, 5.41) is 13.8. The molecule has 0 bridgehead atoms. The monoisotopic (exact) mass is 343 g/mol. The molecular formula is C19H25N3O3. The molecule has 3 rings (SSSR count). The van der Waals surface area contributed by atoms with Crippen molar-refractivity contribution in [3.05, 3.63) is 53.3 Å². The maximum absolute atomic E-state index is 13.0. The third kappa shape index (κ3) is 4.08. The molecule has 1 N–H and O–H groups in total. The van der Waals surface area contributed by atoms with Gasteiger partial charge in [0.15, 0.2) is 0 Å². The lowest BCUT2D eigenvalue weighted by Gasteiger charge is -2.24. The zero-order valence-corrected chi connectivity index (χ0v) is 14.6. The third-order valence-electron chi connectivity index (χ3n) is 4.69. The predicted octanol–water partition coefficient (Wildman–Crippen LogP) is 2.18. The molecule has 1 aromatic carbocycles. The van der Waals surface area contributed by atoms with E-state index in [-0.39, 0.29) is 18.6 Å². The van der Waals surface area contributed by atoms with E-state index in [1.54, 1.807) is 11.1 Å². The van der Waals surface area contributed by atoms with Crippen LogP contribution in [0.25, 0.3) is 0 Å². The molecule has 1 aromatic heterocycles. The van der Waals surface area contributed by atoms with Crippen LogP contribution in [0.3, 0.4) is 0 Å². The molecule has 2 heterocycles. The Morgan fingerprint density at radius 3 is 2.72 bits per heavy atom. The molecule has 0 radical (unpaired) electrons. The van der Waals surface area contributed by atoms with E-state index in [0.29, 0.717) is 18.7 Å². The van der Waals surface area contributed by atoms with Gasteiger partial charge in [0.2, 0.25) is 0 Å². The third-order valence-corrected chi connectivity index (χ3v) is 4.69. The summed E-state index contributed by atoms with van der Waals surface area (Å²) in [5.74, 6) is -0.0892. The van der Waals surface area contributed by atoms with Crippen molar-refractivity contribution in [2.45, 2.75) is 32.4 Å². The number of aliphatic hydroxyl groups excluding tert-OH is 1. The van der Waals surface area contributed by atoms with Crippen molar-refractivity contribution in [1.82, 2.24) is 14.7 Å². The van der Waals surface area contributed by atoms with E-state index in [4.69, 9.17) is 4.74 Å². The highest BCUT2D eigenvalue weighted by molar-refractivity contribution is 5.95. The lowest BCUT2D eigenvalue weighted by Crippen LogP contribution is -2.33. The minimum absolute atomic E-state index is 0.0638. The fourth-order valence-electron chi connectivity index (χ4n) is 3.28. The Morgan fingerprint density at radius 1 is 1.32 bits per heavy atom. The Labute approximate surface area is 148 Å². The Morgan fingerprint density at radius 2 is 2.04 bits per heavy atom. The molecule has 1 aliphatic heterocycles. The van der Waals surface area contributed by atoms with Gasteiger partial charge in [-0.3, -0.25) is 9.48 Å². The lowest BCUT2D eigenvalue weighted by molar-refractivity contribution is 0.0653. The number of hydrogen-bond donors (Lipinski definition) is 1. The second kappa shape index (κ2) is 8.27. The van der Waals surface area contributed by atoms with E-state index in [1.807, 2.05) is 41.9 Å². The van der Waals surface area contributed by atoms with Crippen molar-refractivity contribution in [1.29, 1.82) is 0 Å². The van der Waals surface area contributed by atoms with E-state index >= 15 is 0 Å². The van der Waals surface area contributed by atoms with Crippen LogP contribution in [0.1, 0.15) is 40.5 Å². The fourth-order valence-corrected chi connectivity index (χ4v) is 3.28. The lowest BCUT2D eigenvalue weighted by atomic mass is 10.1. The van der Waals surface area contributed by atoms with Gasteiger partial charge in [-0.25, -0.2) is 0 Å². The van der Waals surface area contributed by atoms with Gasteiger partial charge in [0, 0.05) is 32.0 Å². The number of aromatic nitrogens is 2. The first kappa shape index (κ1) is 17.6. The van der Waals surface area contributed by atoms with Crippen LogP contribution in [0, 0.1) is 6.92 Å². The molecule has 6 heteroatoms. The van der Waals surface area contributed by atoms with E-state index in [0.717, 1.165) is 37.3 Å². The molecule has 1 aliphatic rings. The molecule has 2 aromatic rings. The van der Waals surface area contributed by atoms with E-state index < -0.39 is 0 Å². The van der Waals surface area contributed by atoms with Crippen LogP contribution in [0.4, 0.5) is 0 Å². The number of rotatable bonds is 6. The van der Waals surface area contributed by atoms with Gasteiger partial charge in [-0.05, 0) is 25.3 Å². The summed E-state index contributed by atoms with van der Waals surface area (Å²) in [4.78, 5) is 14.7. The number of aliphatic hydroxyl groups is 1. The first-order valence-corrected chi connectivity index (χ1v) is 8.76. The van der Waals surface area contributed by atoms with Crippen LogP contribution in [0.2, 0.25) is 0 Å². The second-order valence-electron chi connectivity index (χ2n) is 6.37. The minimum Gasteiger partial charge on any atom is -0.395 e. The summed E-state index contributed by atoms with van der Waals surface area (Å²) >= 11 is 0. The standard InChI is InChI=1S/C19H25N3O3/c1-15-18(13-20-22(15)17-7-11-25-12-8-17)19(24)21(9-10-23)14-16-5-3-2-4-6-16/h2-6,13,17,23H,7-12,14H2,1H3. The van der Waals surface area contributed by atoms with Crippen molar-refractivity contribution in [2.75, 3.05) is 26.4 Å². The van der Waals surface area contributed by atoms with Crippen molar-refractivity contribution < 1.29 is 14.6 Å². The molecule has 0 atom stereocenters. The fraction of sp³-hybridized carbons (Fsp3) is 0.474. The summed E-state index contributed by atoms with van der Waals surface area (Å²) in [5.41, 5.74) is 2.53. The summed E-state index contributed by atoms with van der Waals surface area (Å²) in [6, 6.07) is 10.1. The van der Waals surface area contributed by atoms with Crippen molar-refractivity contribution in [3.63, 3.8) is 0 Å². The van der Waals surface area contributed by atoms with Crippen molar-refractivity contribution in [2.24, 2.45) is 0 Å². The first-order valence-electron chi connectivity index (χ1n) is 8.76. The number of ether oxygens (including phenoxy) is 1. The largest absolute Gasteiger partial charge is 0.395 e. The van der Waals surface area contributed by atoms with Crippen LogP contribution in [-0.2, 0) is 11.3 Å². The van der Waals surface area contributed by atoms with E-state index in [1.165, 1.54) is 0 Å². The average Bonchev–Trinajstić information content (AvgIpc) is 3.04. The second-order valence-corrected chi connectivity index (χ2v) is 6.37. The van der Waals surface area contributed by atoms with E-state index in [9.17, 15) is 9.90 Å². The summed E-state index contributed by atoms with van der Waals surface area (Å²) in [7, 11) is 0. The Balaban J connectivity index is 1.78. The number of amides is 1. The molecular weight excluding hydrogens is 318 g/mol. The molecule has 6 nitrogen and oxygen atoms in total. The summed E-state index contributed by atoms with van der Waals surface area (Å²) in [6.45, 7) is 4.12.